The summed E-state index contributed by atoms with van der Waals surface area (Å²) in [6, 6.07) is 6.79. The van der Waals surface area contributed by atoms with Crippen molar-refractivity contribution in [2.45, 2.75) is 26.3 Å². The predicted molar refractivity (Wildman–Crippen MR) is 92.9 cm³/mol. The molecule has 3 aromatic rings. The van der Waals surface area contributed by atoms with Crippen LogP contribution in [0.15, 0.2) is 35.1 Å². The molecule has 1 amide bonds. The molecule has 1 saturated carbocycles. The summed E-state index contributed by atoms with van der Waals surface area (Å²) in [5, 5.41) is 7.48. The number of fused-ring (bicyclic) bond motifs is 1. The first-order valence-electron chi connectivity index (χ1n) is 8.21. The molecule has 2 heterocycles. The lowest BCUT2D eigenvalue weighted by Gasteiger charge is -2.08. The lowest BCUT2D eigenvalue weighted by Crippen LogP contribution is -2.29. The number of hydrogen-bond donors (Lipinski definition) is 2. The van der Waals surface area contributed by atoms with Crippen LogP contribution in [0.5, 0.6) is 0 Å². The predicted octanol–water partition coefficient (Wildman–Crippen LogP) is 3.88. The molecular formula is C19H18FN3O2. The van der Waals surface area contributed by atoms with E-state index in [9.17, 15) is 9.18 Å². The Kier molecular flexibility index (Phi) is 3.67. The molecule has 25 heavy (non-hydrogen) atoms. The molecule has 1 aliphatic carbocycles. The summed E-state index contributed by atoms with van der Waals surface area (Å²) in [4.78, 5) is 15.2. The van der Waals surface area contributed by atoms with E-state index in [1.54, 1.807) is 24.3 Å². The number of hydrogen-bond acceptors (Lipinski definition) is 3. The minimum absolute atomic E-state index is 0.0774. The molecule has 1 fully saturated rings. The summed E-state index contributed by atoms with van der Waals surface area (Å²) in [6.45, 7) is 2.38. The van der Waals surface area contributed by atoms with E-state index in [4.69, 9.17) is 4.52 Å². The molecule has 1 aliphatic rings. The van der Waals surface area contributed by atoms with E-state index in [0.29, 0.717) is 17.8 Å². The molecule has 0 saturated heterocycles. The number of benzene rings is 1. The fourth-order valence-electron chi connectivity index (χ4n) is 2.74. The first-order chi connectivity index (χ1) is 12.0. The van der Waals surface area contributed by atoms with Crippen LogP contribution in [0.1, 0.15) is 36.7 Å². The van der Waals surface area contributed by atoms with Gasteiger partial charge >= 0.3 is 0 Å². The smallest absolute Gasteiger partial charge is 0.226 e. The molecule has 0 aliphatic heterocycles. The highest BCUT2D eigenvalue weighted by Gasteiger charge is 2.44. The summed E-state index contributed by atoms with van der Waals surface area (Å²) in [5.41, 5.74) is 2.56. The lowest BCUT2D eigenvalue weighted by molar-refractivity contribution is -0.125. The van der Waals surface area contributed by atoms with Gasteiger partial charge in [0.1, 0.15) is 17.8 Å². The largest absolute Gasteiger partial charge is 0.364 e. The first kappa shape index (κ1) is 15.6. The number of rotatable bonds is 5. The minimum Gasteiger partial charge on any atom is -0.364 e. The first-order valence-corrected chi connectivity index (χ1v) is 8.21. The molecule has 5 nitrogen and oxygen atoms in total. The molecule has 0 unspecified atom stereocenters. The van der Waals surface area contributed by atoms with Crippen LogP contribution in [-0.4, -0.2) is 16.0 Å². The van der Waals surface area contributed by atoms with Crippen molar-refractivity contribution < 1.29 is 13.7 Å². The normalized spacial score (nSPS) is 15.8. The summed E-state index contributed by atoms with van der Waals surface area (Å²) < 4.78 is 19.0. The van der Waals surface area contributed by atoms with Gasteiger partial charge in [-0.1, -0.05) is 12.1 Å². The third kappa shape index (κ3) is 3.20. The number of nitrogens with one attached hydrogen (secondary N) is 2. The Morgan fingerprint density at radius 3 is 2.96 bits per heavy atom. The molecule has 0 atom stereocenters. The number of carbonyl (C=O) groups is 1. The van der Waals surface area contributed by atoms with Gasteiger partial charge in [0.2, 0.25) is 5.91 Å². The quantitative estimate of drug-likeness (QED) is 0.741. The van der Waals surface area contributed by atoms with Gasteiger partial charge in [-0.2, -0.15) is 0 Å². The average molecular weight is 339 g/mol. The molecule has 1 aromatic carbocycles. The zero-order valence-electron chi connectivity index (χ0n) is 13.8. The van der Waals surface area contributed by atoms with E-state index in [-0.39, 0.29) is 17.1 Å². The molecular weight excluding hydrogens is 321 g/mol. The fourth-order valence-corrected chi connectivity index (χ4v) is 2.74. The Hall–Kier alpha value is -2.89. The average Bonchev–Trinajstić information content (AvgIpc) is 3.01. The second-order valence-corrected chi connectivity index (χ2v) is 6.76. The SMILES string of the molecule is CC1(C(=O)NCc2cc3cc(F)c(C=Cc4ccon4)cc3[nH]2)CC1. The Morgan fingerprint density at radius 2 is 2.24 bits per heavy atom. The Labute approximate surface area is 143 Å². The highest BCUT2D eigenvalue weighted by atomic mass is 19.1. The highest BCUT2D eigenvalue weighted by molar-refractivity contribution is 5.86. The summed E-state index contributed by atoms with van der Waals surface area (Å²) in [7, 11) is 0. The lowest BCUT2D eigenvalue weighted by atomic mass is 10.1. The van der Waals surface area contributed by atoms with Gasteiger partial charge in [0.25, 0.3) is 0 Å². The van der Waals surface area contributed by atoms with E-state index in [0.717, 1.165) is 29.4 Å². The van der Waals surface area contributed by atoms with E-state index in [2.05, 4.69) is 15.5 Å². The van der Waals surface area contributed by atoms with Crippen molar-refractivity contribution in [3.63, 3.8) is 0 Å². The third-order valence-corrected chi connectivity index (χ3v) is 4.67. The van der Waals surface area contributed by atoms with Gasteiger partial charge in [-0.15, -0.1) is 0 Å². The Balaban J connectivity index is 1.53. The number of nitrogens with zero attached hydrogens (tertiary/aromatic N) is 1. The van der Waals surface area contributed by atoms with Crippen molar-refractivity contribution in [2.24, 2.45) is 5.41 Å². The summed E-state index contributed by atoms with van der Waals surface area (Å²) in [6.07, 6.45) is 6.69. The fraction of sp³-hybridized carbons (Fsp3) is 0.263. The van der Waals surface area contributed by atoms with Gasteiger partial charge < -0.3 is 14.8 Å². The molecule has 2 aromatic heterocycles. The van der Waals surface area contributed by atoms with Gasteiger partial charge in [0.15, 0.2) is 0 Å². The van der Waals surface area contributed by atoms with Crippen molar-refractivity contribution in [1.29, 1.82) is 0 Å². The standard InChI is InChI=1S/C19H18FN3O2/c1-19(5-6-19)18(24)21-11-15-8-13-9-16(20)12(10-17(13)22-15)2-3-14-4-7-25-23-14/h2-4,7-10,22H,5-6,11H2,1H3,(H,21,24). The molecule has 0 radical (unpaired) electrons. The highest BCUT2D eigenvalue weighted by Crippen LogP contribution is 2.45. The van der Waals surface area contributed by atoms with Crippen LogP contribution in [0.3, 0.4) is 0 Å². The van der Waals surface area contributed by atoms with Crippen molar-refractivity contribution >= 4 is 29.0 Å². The molecule has 0 spiro atoms. The number of aromatic amines is 1. The monoisotopic (exact) mass is 339 g/mol. The van der Waals surface area contributed by atoms with Crippen LogP contribution >= 0.6 is 0 Å². The van der Waals surface area contributed by atoms with Gasteiger partial charge in [-0.25, -0.2) is 4.39 Å². The summed E-state index contributed by atoms with van der Waals surface area (Å²) in [5.74, 6) is -0.235. The van der Waals surface area contributed by atoms with Crippen LogP contribution in [-0.2, 0) is 11.3 Å². The van der Waals surface area contributed by atoms with Gasteiger partial charge in [0, 0.05) is 33.6 Å². The minimum atomic E-state index is -0.313. The maximum Gasteiger partial charge on any atom is 0.226 e. The maximum absolute atomic E-state index is 14.3. The number of carbonyl (C=O) groups excluding carboxylic acids is 1. The van der Waals surface area contributed by atoms with Crippen LogP contribution in [0.2, 0.25) is 0 Å². The third-order valence-electron chi connectivity index (χ3n) is 4.67. The molecule has 4 rings (SSSR count). The van der Waals surface area contributed by atoms with Gasteiger partial charge in [-0.05, 0) is 43.2 Å². The second-order valence-electron chi connectivity index (χ2n) is 6.76. The van der Waals surface area contributed by atoms with Gasteiger partial charge in [-0.3, -0.25) is 4.79 Å². The van der Waals surface area contributed by atoms with Crippen molar-refractivity contribution in [2.75, 3.05) is 0 Å². The van der Waals surface area contributed by atoms with E-state index < -0.39 is 0 Å². The van der Waals surface area contributed by atoms with Crippen molar-refractivity contribution in [3.8, 4) is 0 Å². The Bertz CT molecular complexity index is 953. The number of amides is 1. The number of H-pyrrole nitrogens is 1. The Morgan fingerprint density at radius 1 is 1.40 bits per heavy atom. The molecule has 6 heteroatoms. The van der Waals surface area contributed by atoms with Gasteiger partial charge in [0.05, 0.1) is 6.54 Å². The zero-order chi connectivity index (χ0) is 17.4. The van der Waals surface area contributed by atoms with Crippen LogP contribution in [0, 0.1) is 11.2 Å². The topological polar surface area (TPSA) is 70.9 Å². The molecule has 128 valence electrons. The number of halogens is 1. The van der Waals surface area contributed by atoms with E-state index >= 15 is 0 Å². The maximum atomic E-state index is 14.3. The van der Waals surface area contributed by atoms with E-state index in [1.165, 1.54) is 12.3 Å². The summed E-state index contributed by atoms with van der Waals surface area (Å²) >= 11 is 0. The number of aromatic nitrogens is 2. The molecule has 2 N–H and O–H groups in total. The van der Waals surface area contributed by atoms with Crippen molar-refractivity contribution in [1.82, 2.24) is 15.5 Å². The molecule has 0 bridgehead atoms. The van der Waals surface area contributed by atoms with Crippen LogP contribution in [0.4, 0.5) is 4.39 Å². The van der Waals surface area contributed by atoms with Crippen molar-refractivity contribution in [3.05, 3.63) is 53.3 Å². The van der Waals surface area contributed by atoms with E-state index in [1.807, 2.05) is 13.0 Å². The second kappa shape index (κ2) is 5.88. The van der Waals surface area contributed by atoms with Crippen LogP contribution in [0.25, 0.3) is 23.1 Å². The van der Waals surface area contributed by atoms with Crippen LogP contribution < -0.4 is 5.32 Å². The zero-order valence-corrected chi connectivity index (χ0v) is 13.8.